The van der Waals surface area contributed by atoms with Crippen molar-refractivity contribution < 1.29 is 0 Å². The molecule has 0 saturated heterocycles. The van der Waals surface area contributed by atoms with Crippen molar-refractivity contribution in [1.82, 2.24) is 24.7 Å². The molecule has 0 unspecified atom stereocenters. The maximum atomic E-state index is 4.43. The van der Waals surface area contributed by atoms with Crippen LogP contribution >= 0.6 is 0 Å². The second kappa shape index (κ2) is 5.85. The topological polar surface area (TPSA) is 80.5 Å². The van der Waals surface area contributed by atoms with Gasteiger partial charge in [-0.25, -0.2) is 4.68 Å². The van der Waals surface area contributed by atoms with Gasteiger partial charge in [-0.1, -0.05) is 0 Å². The summed E-state index contributed by atoms with van der Waals surface area (Å²) in [6, 6.07) is 2.24. The zero-order valence-electron chi connectivity index (χ0n) is 12.6. The van der Waals surface area contributed by atoms with E-state index in [0.29, 0.717) is 17.8 Å². The molecule has 0 amide bonds. The highest BCUT2D eigenvalue weighted by molar-refractivity contribution is 5.38. The number of aryl methyl sites for hydroxylation is 2. The van der Waals surface area contributed by atoms with Gasteiger partial charge < -0.3 is 10.6 Å². The Balaban J connectivity index is 2.45. The van der Waals surface area contributed by atoms with Crippen LogP contribution < -0.4 is 10.6 Å². The second-order valence-corrected chi connectivity index (χ2v) is 4.95. The molecule has 0 atom stereocenters. The highest BCUT2D eigenvalue weighted by Crippen LogP contribution is 2.12. The zero-order chi connectivity index (χ0) is 14.7. The molecule has 2 aromatic rings. The van der Waals surface area contributed by atoms with Crippen molar-refractivity contribution in [3.8, 4) is 5.95 Å². The molecule has 0 saturated carbocycles. The van der Waals surface area contributed by atoms with E-state index in [4.69, 9.17) is 0 Å². The van der Waals surface area contributed by atoms with E-state index in [-0.39, 0.29) is 6.04 Å². The fourth-order valence-electron chi connectivity index (χ4n) is 1.85. The Kier molecular flexibility index (Phi) is 4.16. The molecule has 2 aromatic heterocycles. The van der Waals surface area contributed by atoms with Crippen LogP contribution in [-0.4, -0.2) is 37.3 Å². The minimum Gasteiger partial charge on any atom is -0.354 e. The van der Waals surface area contributed by atoms with Crippen LogP contribution in [0.4, 0.5) is 11.9 Å². The van der Waals surface area contributed by atoms with E-state index >= 15 is 0 Å². The zero-order valence-corrected chi connectivity index (χ0v) is 12.6. The summed E-state index contributed by atoms with van der Waals surface area (Å²) in [6.45, 7) is 10.8. The molecule has 0 aliphatic rings. The number of hydrogen-bond acceptors (Lipinski definition) is 6. The van der Waals surface area contributed by atoms with Crippen molar-refractivity contribution in [3.63, 3.8) is 0 Å². The molecule has 2 rings (SSSR count). The molecule has 0 bridgehead atoms. The van der Waals surface area contributed by atoms with Crippen molar-refractivity contribution >= 4 is 11.9 Å². The van der Waals surface area contributed by atoms with Crippen LogP contribution in [0.1, 0.15) is 32.2 Å². The molecular weight excluding hydrogens is 254 g/mol. The van der Waals surface area contributed by atoms with Crippen molar-refractivity contribution in [1.29, 1.82) is 0 Å². The molecule has 0 aliphatic heterocycles. The molecule has 2 heterocycles. The van der Waals surface area contributed by atoms with Crippen molar-refractivity contribution in [2.45, 2.75) is 40.7 Å². The fraction of sp³-hybridized carbons (Fsp3) is 0.538. The molecule has 20 heavy (non-hydrogen) atoms. The highest BCUT2D eigenvalue weighted by Gasteiger charge is 2.11. The third-order valence-corrected chi connectivity index (χ3v) is 2.58. The van der Waals surface area contributed by atoms with E-state index in [1.165, 1.54) is 0 Å². The quantitative estimate of drug-likeness (QED) is 0.868. The van der Waals surface area contributed by atoms with Gasteiger partial charge in [0.2, 0.25) is 11.9 Å². The fourth-order valence-corrected chi connectivity index (χ4v) is 1.85. The smallest absolute Gasteiger partial charge is 0.257 e. The van der Waals surface area contributed by atoms with Crippen LogP contribution in [0.5, 0.6) is 0 Å². The third kappa shape index (κ3) is 3.23. The van der Waals surface area contributed by atoms with Crippen LogP contribution in [0, 0.1) is 13.8 Å². The summed E-state index contributed by atoms with van der Waals surface area (Å²) >= 11 is 0. The van der Waals surface area contributed by atoms with E-state index in [1.807, 2.05) is 40.7 Å². The van der Waals surface area contributed by atoms with E-state index in [1.54, 1.807) is 4.68 Å². The summed E-state index contributed by atoms with van der Waals surface area (Å²) in [5.74, 6) is 1.62. The SMILES string of the molecule is CCNc1nc(NC(C)C)nc(-n2nc(C)cc2C)n1. The van der Waals surface area contributed by atoms with Gasteiger partial charge in [0.1, 0.15) is 0 Å². The van der Waals surface area contributed by atoms with Crippen LogP contribution in [0.2, 0.25) is 0 Å². The maximum Gasteiger partial charge on any atom is 0.257 e. The Hall–Kier alpha value is -2.18. The van der Waals surface area contributed by atoms with Gasteiger partial charge in [-0.3, -0.25) is 0 Å². The number of anilines is 2. The van der Waals surface area contributed by atoms with Crippen molar-refractivity contribution in [3.05, 3.63) is 17.5 Å². The van der Waals surface area contributed by atoms with Gasteiger partial charge in [0.05, 0.1) is 5.69 Å². The lowest BCUT2D eigenvalue weighted by atomic mass is 10.4. The average molecular weight is 275 g/mol. The van der Waals surface area contributed by atoms with Crippen LogP contribution in [0.15, 0.2) is 6.07 Å². The molecular formula is C13H21N7. The van der Waals surface area contributed by atoms with Gasteiger partial charge in [-0.05, 0) is 40.7 Å². The third-order valence-electron chi connectivity index (χ3n) is 2.58. The normalized spacial score (nSPS) is 10.9. The summed E-state index contributed by atoms with van der Waals surface area (Å²) in [4.78, 5) is 13.2. The Labute approximate surface area is 118 Å². The lowest BCUT2D eigenvalue weighted by Crippen LogP contribution is -2.17. The summed E-state index contributed by atoms with van der Waals surface area (Å²) in [7, 11) is 0. The summed E-state index contributed by atoms with van der Waals surface area (Å²) in [5, 5.41) is 10.7. The van der Waals surface area contributed by atoms with Crippen LogP contribution in [-0.2, 0) is 0 Å². The van der Waals surface area contributed by atoms with Gasteiger partial charge in [0, 0.05) is 18.3 Å². The number of rotatable bonds is 5. The minimum absolute atomic E-state index is 0.250. The van der Waals surface area contributed by atoms with Gasteiger partial charge in [-0.15, -0.1) is 0 Å². The second-order valence-electron chi connectivity index (χ2n) is 4.95. The average Bonchev–Trinajstić information content (AvgIpc) is 2.67. The first-order valence-electron chi connectivity index (χ1n) is 6.79. The number of nitrogens with zero attached hydrogens (tertiary/aromatic N) is 5. The molecule has 108 valence electrons. The van der Waals surface area contributed by atoms with Crippen molar-refractivity contribution in [2.24, 2.45) is 0 Å². The van der Waals surface area contributed by atoms with Crippen LogP contribution in [0.3, 0.4) is 0 Å². The van der Waals surface area contributed by atoms with E-state index < -0.39 is 0 Å². The first-order chi connectivity index (χ1) is 9.49. The lowest BCUT2D eigenvalue weighted by molar-refractivity contribution is 0.760. The summed E-state index contributed by atoms with van der Waals surface area (Å²) < 4.78 is 1.73. The highest BCUT2D eigenvalue weighted by atomic mass is 15.4. The molecule has 0 radical (unpaired) electrons. The first kappa shape index (κ1) is 14.2. The monoisotopic (exact) mass is 275 g/mol. The Morgan fingerprint density at radius 2 is 1.85 bits per heavy atom. The predicted octanol–water partition coefficient (Wildman–Crippen LogP) is 1.93. The van der Waals surface area contributed by atoms with E-state index in [9.17, 15) is 0 Å². The molecule has 0 aromatic carbocycles. The number of nitrogens with one attached hydrogen (secondary N) is 2. The summed E-state index contributed by atoms with van der Waals surface area (Å²) in [6.07, 6.45) is 0. The molecule has 0 fully saturated rings. The molecule has 7 nitrogen and oxygen atoms in total. The molecule has 0 aliphatic carbocycles. The largest absolute Gasteiger partial charge is 0.354 e. The Morgan fingerprint density at radius 3 is 2.40 bits per heavy atom. The van der Waals surface area contributed by atoms with E-state index in [2.05, 4.69) is 30.7 Å². The maximum absolute atomic E-state index is 4.43. The van der Waals surface area contributed by atoms with Gasteiger partial charge in [-0.2, -0.15) is 20.1 Å². The standard InChI is InChI=1S/C13H21N7/c1-6-14-11-16-12(15-8(2)3)18-13(17-11)20-10(5)7-9(4)19-20/h7-8H,6H2,1-5H3,(H2,14,15,16,17,18). The Morgan fingerprint density at radius 1 is 1.15 bits per heavy atom. The van der Waals surface area contributed by atoms with Gasteiger partial charge >= 0.3 is 0 Å². The van der Waals surface area contributed by atoms with E-state index in [0.717, 1.165) is 17.9 Å². The number of aromatic nitrogens is 5. The van der Waals surface area contributed by atoms with Crippen LogP contribution in [0.25, 0.3) is 5.95 Å². The number of hydrogen-bond donors (Lipinski definition) is 2. The van der Waals surface area contributed by atoms with Gasteiger partial charge in [0.15, 0.2) is 0 Å². The predicted molar refractivity (Wildman–Crippen MR) is 79.3 cm³/mol. The minimum atomic E-state index is 0.250. The van der Waals surface area contributed by atoms with Gasteiger partial charge in [0.25, 0.3) is 5.95 Å². The molecule has 0 spiro atoms. The first-order valence-corrected chi connectivity index (χ1v) is 6.79. The lowest BCUT2D eigenvalue weighted by Gasteiger charge is -2.11. The molecule has 2 N–H and O–H groups in total. The van der Waals surface area contributed by atoms with Crippen molar-refractivity contribution in [2.75, 3.05) is 17.2 Å². The molecule has 7 heteroatoms. The summed E-state index contributed by atoms with van der Waals surface area (Å²) in [5.41, 5.74) is 1.93. The Bertz CT molecular complexity index is 588.